The lowest BCUT2D eigenvalue weighted by atomic mass is 9.43. The van der Waals surface area contributed by atoms with Gasteiger partial charge in [0.05, 0.1) is 0 Å². The fourth-order valence-electron chi connectivity index (χ4n) is 6.98. The molecule has 4 rings (SSSR count). The first-order valence-corrected chi connectivity index (χ1v) is 11.1. The number of hydrogen-bond acceptors (Lipinski definition) is 3. The lowest BCUT2D eigenvalue weighted by molar-refractivity contribution is -0.150. The summed E-state index contributed by atoms with van der Waals surface area (Å²) in [6.07, 6.45) is 14.7. The molecule has 0 radical (unpaired) electrons. The van der Waals surface area contributed by atoms with Crippen LogP contribution >= 0.6 is 0 Å². The standard InChI is InChI=1S/C25H36O3/c1-16-10-13-25(5)19-7-6-12-23(2,3)18(19)8-9-20(25)24(16,4)14-11-17-15-21(26)28-22(17)27/h8,11,14-16,19-20,22,27H,6-7,9-10,12-13H2,1-5H3/b14-11+/t16-,19+,20+,22+,24-,25-/m0/s1. The van der Waals surface area contributed by atoms with Crippen LogP contribution < -0.4 is 0 Å². The Morgan fingerprint density at radius 2 is 1.93 bits per heavy atom. The van der Waals surface area contributed by atoms with Gasteiger partial charge in [-0.05, 0) is 66.1 Å². The van der Waals surface area contributed by atoms with E-state index in [4.69, 9.17) is 4.74 Å². The van der Waals surface area contributed by atoms with E-state index in [-0.39, 0.29) is 5.41 Å². The van der Waals surface area contributed by atoms with Gasteiger partial charge in [-0.25, -0.2) is 4.79 Å². The van der Waals surface area contributed by atoms with Gasteiger partial charge in [0.1, 0.15) is 0 Å². The normalized spacial score (nSPS) is 45.1. The number of allylic oxidation sites excluding steroid dienone is 3. The average molecular weight is 385 g/mol. The SMILES string of the molecule is C[C@H]1CC[C@@]2(C)[C@@H]3CCCC(C)(C)C3=CC[C@@H]2[C@@]1(C)/C=C/C1=CC(=O)O[C@H]1O. The van der Waals surface area contributed by atoms with Gasteiger partial charge in [0.2, 0.25) is 6.29 Å². The molecular weight excluding hydrogens is 348 g/mol. The Balaban J connectivity index is 1.70. The highest BCUT2D eigenvalue weighted by Gasteiger charge is 2.57. The number of fused-ring (bicyclic) bond motifs is 3. The van der Waals surface area contributed by atoms with Crippen LogP contribution in [-0.2, 0) is 9.53 Å². The molecule has 3 nitrogen and oxygen atoms in total. The Bertz CT molecular complexity index is 758. The first kappa shape index (κ1) is 19.9. The summed E-state index contributed by atoms with van der Waals surface area (Å²) in [6, 6.07) is 0. The molecular formula is C25H36O3. The summed E-state index contributed by atoms with van der Waals surface area (Å²) in [5, 5.41) is 9.96. The van der Waals surface area contributed by atoms with Gasteiger partial charge in [-0.15, -0.1) is 0 Å². The maximum Gasteiger partial charge on any atom is 0.333 e. The summed E-state index contributed by atoms with van der Waals surface area (Å²) in [6.45, 7) is 12.2. The lowest BCUT2D eigenvalue weighted by Crippen LogP contribution is -2.54. The molecule has 0 saturated heterocycles. The molecule has 28 heavy (non-hydrogen) atoms. The summed E-state index contributed by atoms with van der Waals surface area (Å²) in [7, 11) is 0. The predicted octanol–water partition coefficient (Wildman–Crippen LogP) is 5.56. The Hall–Kier alpha value is -1.35. The van der Waals surface area contributed by atoms with Crippen LogP contribution in [0.25, 0.3) is 0 Å². The summed E-state index contributed by atoms with van der Waals surface area (Å²) >= 11 is 0. The van der Waals surface area contributed by atoms with Gasteiger partial charge in [0.25, 0.3) is 0 Å². The third kappa shape index (κ3) is 2.93. The molecule has 0 bridgehead atoms. The molecule has 4 aliphatic rings. The number of carbonyl (C=O) groups is 1. The minimum atomic E-state index is -1.12. The fourth-order valence-corrected chi connectivity index (χ4v) is 6.98. The molecule has 3 aliphatic carbocycles. The van der Waals surface area contributed by atoms with Crippen LogP contribution in [0, 0.1) is 34.0 Å². The number of hydrogen-bond donors (Lipinski definition) is 1. The quantitative estimate of drug-likeness (QED) is 0.501. The molecule has 1 N–H and O–H groups in total. The maximum absolute atomic E-state index is 11.5. The predicted molar refractivity (Wildman–Crippen MR) is 111 cm³/mol. The van der Waals surface area contributed by atoms with E-state index >= 15 is 0 Å². The van der Waals surface area contributed by atoms with E-state index in [0.717, 1.165) is 6.42 Å². The van der Waals surface area contributed by atoms with Crippen LogP contribution in [0.15, 0.2) is 35.5 Å². The molecule has 2 fully saturated rings. The van der Waals surface area contributed by atoms with Crippen LogP contribution in [0.2, 0.25) is 0 Å². The molecule has 1 heterocycles. The zero-order valence-electron chi connectivity index (χ0n) is 18.1. The van der Waals surface area contributed by atoms with E-state index in [0.29, 0.717) is 34.2 Å². The third-order valence-corrected chi connectivity index (χ3v) is 8.98. The maximum atomic E-state index is 11.5. The molecule has 1 aliphatic heterocycles. The molecule has 0 aromatic rings. The van der Waals surface area contributed by atoms with Crippen molar-refractivity contribution in [3.05, 3.63) is 35.5 Å². The first-order valence-electron chi connectivity index (χ1n) is 11.1. The highest BCUT2D eigenvalue weighted by atomic mass is 16.6. The van der Waals surface area contributed by atoms with Crippen molar-refractivity contribution in [2.75, 3.05) is 0 Å². The average Bonchev–Trinajstić information content (AvgIpc) is 2.95. The zero-order valence-corrected chi connectivity index (χ0v) is 18.1. The van der Waals surface area contributed by atoms with Crippen LogP contribution in [0.4, 0.5) is 0 Å². The van der Waals surface area contributed by atoms with Crippen LogP contribution in [0.3, 0.4) is 0 Å². The molecule has 154 valence electrons. The largest absolute Gasteiger partial charge is 0.428 e. The third-order valence-electron chi connectivity index (χ3n) is 8.98. The fraction of sp³-hybridized carbons (Fsp3) is 0.720. The van der Waals surface area contributed by atoms with Gasteiger partial charge in [0, 0.05) is 11.6 Å². The van der Waals surface area contributed by atoms with E-state index in [1.54, 1.807) is 5.57 Å². The Labute approximate surface area is 169 Å². The van der Waals surface area contributed by atoms with Crippen molar-refractivity contribution in [3.63, 3.8) is 0 Å². The number of aliphatic hydroxyl groups excluding tert-OH is 1. The Morgan fingerprint density at radius 1 is 1.18 bits per heavy atom. The molecule has 0 aromatic heterocycles. The van der Waals surface area contributed by atoms with E-state index in [2.05, 4.69) is 46.8 Å². The van der Waals surface area contributed by atoms with Crippen molar-refractivity contribution >= 4 is 5.97 Å². The van der Waals surface area contributed by atoms with Crippen molar-refractivity contribution in [1.29, 1.82) is 0 Å². The summed E-state index contributed by atoms with van der Waals surface area (Å²) < 4.78 is 4.86. The summed E-state index contributed by atoms with van der Waals surface area (Å²) in [5.74, 6) is 1.40. The van der Waals surface area contributed by atoms with Gasteiger partial charge in [0.15, 0.2) is 0 Å². The number of ether oxygens (including phenoxy) is 1. The second-order valence-electron chi connectivity index (χ2n) is 10.9. The lowest BCUT2D eigenvalue weighted by Gasteiger charge is -2.62. The van der Waals surface area contributed by atoms with E-state index in [9.17, 15) is 9.90 Å². The van der Waals surface area contributed by atoms with Crippen LogP contribution in [0.5, 0.6) is 0 Å². The Kier molecular flexibility index (Phi) is 4.69. The number of aliphatic hydroxyl groups is 1. The second kappa shape index (κ2) is 6.58. The molecule has 2 saturated carbocycles. The van der Waals surface area contributed by atoms with Gasteiger partial charge in [-0.3, -0.25) is 0 Å². The highest BCUT2D eigenvalue weighted by Crippen LogP contribution is 2.66. The van der Waals surface area contributed by atoms with Gasteiger partial charge >= 0.3 is 5.97 Å². The van der Waals surface area contributed by atoms with Crippen molar-refractivity contribution in [2.24, 2.45) is 34.0 Å². The first-order chi connectivity index (χ1) is 13.1. The number of rotatable bonds is 2. The Morgan fingerprint density at radius 3 is 2.61 bits per heavy atom. The zero-order chi connectivity index (χ0) is 20.3. The molecule has 6 atom stereocenters. The van der Waals surface area contributed by atoms with Crippen molar-refractivity contribution < 1.29 is 14.6 Å². The smallest absolute Gasteiger partial charge is 0.333 e. The van der Waals surface area contributed by atoms with Crippen LogP contribution in [-0.4, -0.2) is 17.4 Å². The minimum Gasteiger partial charge on any atom is -0.428 e. The number of carbonyl (C=O) groups excluding carboxylic acids is 1. The van der Waals surface area contributed by atoms with Crippen molar-refractivity contribution in [1.82, 2.24) is 0 Å². The topological polar surface area (TPSA) is 46.5 Å². The summed E-state index contributed by atoms with van der Waals surface area (Å²) in [4.78, 5) is 11.5. The van der Waals surface area contributed by atoms with Gasteiger partial charge < -0.3 is 9.84 Å². The monoisotopic (exact) mass is 384 g/mol. The molecule has 0 amide bonds. The van der Waals surface area contributed by atoms with E-state index < -0.39 is 12.3 Å². The van der Waals surface area contributed by atoms with Crippen molar-refractivity contribution in [2.45, 2.75) is 79.4 Å². The van der Waals surface area contributed by atoms with Gasteiger partial charge in [-0.1, -0.05) is 64.8 Å². The molecule has 0 aromatic carbocycles. The van der Waals surface area contributed by atoms with E-state index in [1.165, 1.54) is 38.2 Å². The number of esters is 1. The van der Waals surface area contributed by atoms with Crippen LogP contribution in [0.1, 0.15) is 73.1 Å². The minimum absolute atomic E-state index is 0.0445. The molecule has 0 spiro atoms. The second-order valence-corrected chi connectivity index (χ2v) is 10.9. The molecule has 3 heteroatoms. The van der Waals surface area contributed by atoms with E-state index in [1.807, 2.05) is 6.08 Å². The van der Waals surface area contributed by atoms with Gasteiger partial charge in [-0.2, -0.15) is 0 Å². The number of cyclic esters (lactones) is 1. The highest BCUT2D eigenvalue weighted by molar-refractivity contribution is 5.86. The molecule has 0 unspecified atom stereocenters. The van der Waals surface area contributed by atoms with Crippen molar-refractivity contribution in [3.8, 4) is 0 Å². The summed E-state index contributed by atoms with van der Waals surface area (Å²) in [5.41, 5.74) is 3.00.